The number of hydrogen-bond donors (Lipinski definition) is 2. The van der Waals surface area contributed by atoms with Crippen LogP contribution in [0.4, 0.5) is 11.8 Å². The van der Waals surface area contributed by atoms with E-state index in [-0.39, 0.29) is 11.3 Å². The highest BCUT2D eigenvalue weighted by atomic mass is 28.4. The standard InChI is InChI=1S/C30H47N5O3Si/c1-30(2,3)39(4,5)38-24-13-9-7-6-8-11-18-32-29-34-22-25(27(35-29)31-17-12-10-14-24)26-16-15-23(21-33-26)28-36-19-20-37-28/h6,8,15-16,21-22,24,28H,7,9-14,17-20H2,1-5H3,(H2,31,32,34,35)/b8-6+. The first-order valence-electron chi connectivity index (χ1n) is 14.6. The topological polar surface area (TPSA) is 90.4 Å². The van der Waals surface area contributed by atoms with Crippen LogP contribution in [0.5, 0.6) is 0 Å². The predicted octanol–water partition coefficient (Wildman–Crippen LogP) is 7.10. The van der Waals surface area contributed by atoms with Crippen molar-refractivity contribution in [3.05, 3.63) is 42.2 Å². The summed E-state index contributed by atoms with van der Waals surface area (Å²) in [5.41, 5.74) is 2.63. The molecule has 0 aliphatic carbocycles. The van der Waals surface area contributed by atoms with Gasteiger partial charge in [-0.3, -0.25) is 4.98 Å². The largest absolute Gasteiger partial charge is 0.414 e. The van der Waals surface area contributed by atoms with Crippen molar-refractivity contribution < 1.29 is 13.9 Å². The minimum absolute atomic E-state index is 0.222. The van der Waals surface area contributed by atoms with E-state index < -0.39 is 8.32 Å². The molecule has 2 N–H and O–H groups in total. The quantitative estimate of drug-likeness (QED) is 0.306. The summed E-state index contributed by atoms with van der Waals surface area (Å²) in [6, 6.07) is 3.99. The number of hydrogen-bond acceptors (Lipinski definition) is 8. The molecule has 0 aromatic carbocycles. The van der Waals surface area contributed by atoms with E-state index >= 15 is 0 Å². The van der Waals surface area contributed by atoms with E-state index in [1.165, 1.54) is 6.42 Å². The normalized spacial score (nSPS) is 21.5. The fourth-order valence-electron chi connectivity index (χ4n) is 4.57. The maximum absolute atomic E-state index is 6.86. The fourth-order valence-corrected chi connectivity index (χ4v) is 5.99. The van der Waals surface area contributed by atoms with Crippen molar-refractivity contribution in [3.63, 3.8) is 0 Å². The summed E-state index contributed by atoms with van der Waals surface area (Å²) in [5, 5.41) is 7.17. The Kier molecular flexibility index (Phi) is 10.5. The van der Waals surface area contributed by atoms with Crippen molar-refractivity contribution in [1.82, 2.24) is 15.0 Å². The third-order valence-electron chi connectivity index (χ3n) is 7.92. The number of pyridine rings is 1. The summed E-state index contributed by atoms with van der Waals surface area (Å²) >= 11 is 0. The first kappa shape index (κ1) is 29.6. The molecule has 0 saturated carbocycles. The van der Waals surface area contributed by atoms with Crippen molar-refractivity contribution in [2.45, 2.75) is 96.2 Å². The molecule has 4 rings (SSSR count). The molecule has 0 amide bonds. The lowest BCUT2D eigenvalue weighted by Gasteiger charge is -2.39. The Morgan fingerprint density at radius 1 is 0.897 bits per heavy atom. The molecular weight excluding hydrogens is 506 g/mol. The van der Waals surface area contributed by atoms with Crippen molar-refractivity contribution >= 4 is 20.1 Å². The zero-order valence-corrected chi connectivity index (χ0v) is 25.5. The summed E-state index contributed by atoms with van der Waals surface area (Å²) in [6.07, 6.45) is 15.8. The number of ether oxygens (including phenoxy) is 2. The van der Waals surface area contributed by atoms with E-state index in [1.54, 1.807) is 0 Å². The first-order chi connectivity index (χ1) is 18.7. The van der Waals surface area contributed by atoms with Crippen LogP contribution in [0.2, 0.25) is 18.1 Å². The Morgan fingerprint density at radius 3 is 2.41 bits per heavy atom. The van der Waals surface area contributed by atoms with E-state index in [0.717, 1.165) is 74.3 Å². The van der Waals surface area contributed by atoms with Crippen LogP contribution in [0.3, 0.4) is 0 Å². The zero-order chi connectivity index (χ0) is 27.7. The second kappa shape index (κ2) is 13.8. The van der Waals surface area contributed by atoms with E-state index in [2.05, 4.69) is 66.6 Å². The molecule has 0 spiro atoms. The van der Waals surface area contributed by atoms with Gasteiger partial charge in [-0.15, -0.1) is 0 Å². The molecule has 1 atom stereocenters. The highest BCUT2D eigenvalue weighted by molar-refractivity contribution is 6.74. The number of fused-ring (bicyclic) bond motifs is 2. The average molecular weight is 554 g/mol. The molecule has 1 saturated heterocycles. The molecule has 8 nitrogen and oxygen atoms in total. The summed E-state index contributed by atoms with van der Waals surface area (Å²) in [4.78, 5) is 14.1. The lowest BCUT2D eigenvalue weighted by molar-refractivity contribution is -0.0443. The SMILES string of the molecule is CC(C)(C)[Si](C)(C)OC1CCC/C=C/CCNc2ncc(-c3ccc(C4OCCO4)cn3)c(n2)NCCCC1. The summed E-state index contributed by atoms with van der Waals surface area (Å²) in [6.45, 7) is 14.6. The van der Waals surface area contributed by atoms with Crippen LogP contribution in [0.15, 0.2) is 36.7 Å². The van der Waals surface area contributed by atoms with Crippen LogP contribution in [-0.2, 0) is 13.9 Å². The number of allylic oxidation sites excluding steroid dienone is 1. The highest BCUT2D eigenvalue weighted by Gasteiger charge is 2.38. The maximum atomic E-state index is 6.86. The lowest BCUT2D eigenvalue weighted by Crippen LogP contribution is -2.44. The summed E-state index contributed by atoms with van der Waals surface area (Å²) in [5.74, 6) is 1.43. The van der Waals surface area contributed by atoms with Crippen molar-refractivity contribution in [2.75, 3.05) is 36.9 Å². The molecule has 2 aliphatic rings. The Morgan fingerprint density at radius 2 is 1.67 bits per heavy atom. The Bertz CT molecular complexity index is 1070. The van der Waals surface area contributed by atoms with Gasteiger partial charge in [0.15, 0.2) is 14.6 Å². The Balaban J connectivity index is 1.45. The molecule has 0 radical (unpaired) electrons. The number of rotatable bonds is 4. The van der Waals surface area contributed by atoms with Gasteiger partial charge in [-0.2, -0.15) is 4.98 Å². The zero-order valence-electron chi connectivity index (χ0n) is 24.5. The van der Waals surface area contributed by atoms with Gasteiger partial charge in [0.25, 0.3) is 0 Å². The third-order valence-corrected chi connectivity index (χ3v) is 12.5. The van der Waals surface area contributed by atoms with Crippen molar-refractivity contribution in [1.29, 1.82) is 0 Å². The number of aromatic nitrogens is 3. The van der Waals surface area contributed by atoms with Crippen molar-refractivity contribution in [3.8, 4) is 11.3 Å². The third kappa shape index (κ3) is 8.57. The molecule has 2 aromatic rings. The van der Waals surface area contributed by atoms with E-state index in [4.69, 9.17) is 18.9 Å². The van der Waals surface area contributed by atoms with E-state index in [9.17, 15) is 0 Å². The van der Waals surface area contributed by atoms with Gasteiger partial charge in [0, 0.05) is 37.2 Å². The predicted molar refractivity (Wildman–Crippen MR) is 160 cm³/mol. The Labute approximate surface area is 235 Å². The van der Waals surface area contributed by atoms with Gasteiger partial charge in [0.05, 0.1) is 24.5 Å². The monoisotopic (exact) mass is 553 g/mol. The molecule has 39 heavy (non-hydrogen) atoms. The average Bonchev–Trinajstić information content (AvgIpc) is 3.44. The van der Waals surface area contributed by atoms with Gasteiger partial charge in [0.1, 0.15) is 5.82 Å². The molecule has 214 valence electrons. The summed E-state index contributed by atoms with van der Waals surface area (Å²) in [7, 11) is -1.80. The molecule has 1 fully saturated rings. The second-order valence-electron chi connectivity index (χ2n) is 12.0. The lowest BCUT2D eigenvalue weighted by atomic mass is 10.1. The van der Waals surface area contributed by atoms with Gasteiger partial charge in [-0.05, 0) is 69.1 Å². The molecular formula is C30H47N5O3Si. The maximum Gasteiger partial charge on any atom is 0.224 e. The van der Waals surface area contributed by atoms with Crippen molar-refractivity contribution in [2.24, 2.45) is 0 Å². The van der Waals surface area contributed by atoms with Gasteiger partial charge in [-0.1, -0.05) is 39.0 Å². The van der Waals surface area contributed by atoms with Crippen LogP contribution in [0, 0.1) is 0 Å². The van der Waals surface area contributed by atoms with Gasteiger partial charge in [-0.25, -0.2) is 4.98 Å². The van der Waals surface area contributed by atoms with Crippen LogP contribution >= 0.6 is 0 Å². The number of nitrogens with one attached hydrogen (secondary N) is 2. The molecule has 2 aliphatic heterocycles. The van der Waals surface area contributed by atoms with Gasteiger partial charge < -0.3 is 24.5 Å². The van der Waals surface area contributed by atoms with Gasteiger partial charge >= 0.3 is 0 Å². The van der Waals surface area contributed by atoms with E-state index in [1.807, 2.05) is 24.5 Å². The smallest absolute Gasteiger partial charge is 0.224 e. The summed E-state index contributed by atoms with van der Waals surface area (Å²) < 4.78 is 18.1. The first-order valence-corrected chi connectivity index (χ1v) is 17.5. The molecule has 2 aromatic heterocycles. The van der Waals surface area contributed by atoms with Crippen LogP contribution in [-0.4, -0.2) is 55.7 Å². The minimum atomic E-state index is -1.80. The molecule has 2 bridgehead atoms. The molecule has 9 heteroatoms. The van der Waals surface area contributed by atoms with E-state index in [0.29, 0.717) is 25.3 Å². The highest BCUT2D eigenvalue weighted by Crippen LogP contribution is 2.38. The van der Waals surface area contributed by atoms with Crippen LogP contribution in [0.25, 0.3) is 11.3 Å². The fraction of sp³-hybridized carbons (Fsp3) is 0.633. The molecule has 1 unspecified atom stereocenters. The van der Waals surface area contributed by atoms with Crippen LogP contribution < -0.4 is 10.6 Å². The number of anilines is 2. The van der Waals surface area contributed by atoms with Gasteiger partial charge in [0.2, 0.25) is 5.95 Å². The molecule has 4 heterocycles. The number of nitrogens with zero attached hydrogens (tertiary/aromatic N) is 3. The van der Waals surface area contributed by atoms with Crippen LogP contribution in [0.1, 0.15) is 77.6 Å². The Hall–Kier alpha value is -2.33. The minimum Gasteiger partial charge on any atom is -0.414 e. The second-order valence-corrected chi connectivity index (χ2v) is 16.8.